The minimum atomic E-state index is -3.90. The molecular formula is C28H34N2O5S2. The van der Waals surface area contributed by atoms with Crippen molar-refractivity contribution in [3.05, 3.63) is 76.0 Å². The van der Waals surface area contributed by atoms with Crippen LogP contribution in [-0.2, 0) is 21.2 Å². The normalized spacial score (nSPS) is 16.4. The van der Waals surface area contributed by atoms with Gasteiger partial charge >= 0.3 is 0 Å². The van der Waals surface area contributed by atoms with Crippen molar-refractivity contribution in [1.29, 1.82) is 0 Å². The number of hydrogen-bond acceptors (Lipinski definition) is 6. The van der Waals surface area contributed by atoms with Gasteiger partial charge in [-0.25, -0.2) is 8.42 Å². The van der Waals surface area contributed by atoms with E-state index in [1.807, 2.05) is 56.5 Å². The van der Waals surface area contributed by atoms with Crippen LogP contribution in [0.1, 0.15) is 42.3 Å². The van der Waals surface area contributed by atoms with E-state index in [4.69, 9.17) is 9.47 Å². The summed E-state index contributed by atoms with van der Waals surface area (Å²) in [7, 11) is -2.36. The van der Waals surface area contributed by atoms with Gasteiger partial charge in [0.15, 0.2) is 0 Å². The minimum Gasteiger partial charge on any atom is -0.497 e. The molecule has 0 saturated heterocycles. The summed E-state index contributed by atoms with van der Waals surface area (Å²) in [4.78, 5) is 16.9. The standard InChI is InChI=1S/C28H34N2O5S2/c1-5-21(3)30(37(32,33)24-12-10-22(34-4)11-13-24)18-28(31)29-16-14-27-25(15-17-36-27)26(29)19-35-23-8-6-20(2)7-9-23/h6-13,15,17,21,26H,5,14,16,18-19H2,1-4H3/t21-,26-/m0/s1. The molecule has 0 radical (unpaired) electrons. The van der Waals surface area contributed by atoms with Crippen LogP contribution in [0.3, 0.4) is 0 Å². The number of aryl methyl sites for hydroxylation is 1. The summed E-state index contributed by atoms with van der Waals surface area (Å²) in [6, 6.07) is 15.5. The van der Waals surface area contributed by atoms with E-state index in [0.29, 0.717) is 25.3 Å². The van der Waals surface area contributed by atoms with Crippen molar-refractivity contribution in [3.63, 3.8) is 0 Å². The van der Waals surface area contributed by atoms with E-state index in [0.717, 1.165) is 23.3 Å². The molecule has 0 spiro atoms. The van der Waals surface area contributed by atoms with E-state index in [-0.39, 0.29) is 29.4 Å². The van der Waals surface area contributed by atoms with Gasteiger partial charge in [0, 0.05) is 17.5 Å². The Morgan fingerprint density at radius 2 is 1.78 bits per heavy atom. The van der Waals surface area contributed by atoms with Gasteiger partial charge in [0.25, 0.3) is 0 Å². The predicted octanol–water partition coefficient (Wildman–Crippen LogP) is 5.06. The summed E-state index contributed by atoms with van der Waals surface area (Å²) in [6.07, 6.45) is 1.33. The topological polar surface area (TPSA) is 76.2 Å². The van der Waals surface area contributed by atoms with Gasteiger partial charge in [-0.3, -0.25) is 4.79 Å². The first-order valence-corrected chi connectivity index (χ1v) is 14.8. The monoisotopic (exact) mass is 542 g/mol. The fraction of sp³-hybridized carbons (Fsp3) is 0.393. The van der Waals surface area contributed by atoms with Crippen LogP contribution in [0.25, 0.3) is 0 Å². The van der Waals surface area contributed by atoms with Gasteiger partial charge in [-0.1, -0.05) is 24.6 Å². The Morgan fingerprint density at radius 1 is 1.11 bits per heavy atom. The number of rotatable bonds is 10. The maximum absolute atomic E-state index is 13.8. The van der Waals surface area contributed by atoms with Gasteiger partial charge in [-0.15, -0.1) is 11.3 Å². The summed E-state index contributed by atoms with van der Waals surface area (Å²) < 4.78 is 39.8. The van der Waals surface area contributed by atoms with Crippen molar-refractivity contribution in [2.45, 2.75) is 50.6 Å². The number of carbonyl (C=O) groups is 1. The van der Waals surface area contributed by atoms with E-state index in [1.54, 1.807) is 28.4 Å². The molecule has 2 aromatic carbocycles. The first kappa shape index (κ1) is 27.2. The molecule has 1 aromatic heterocycles. The number of benzene rings is 2. The number of hydrogen-bond donors (Lipinski definition) is 0. The largest absolute Gasteiger partial charge is 0.497 e. The molecule has 3 aromatic rings. The lowest BCUT2D eigenvalue weighted by Gasteiger charge is -2.37. The number of fused-ring (bicyclic) bond motifs is 1. The maximum atomic E-state index is 13.8. The third-order valence-electron chi connectivity index (χ3n) is 6.88. The summed E-state index contributed by atoms with van der Waals surface area (Å²) >= 11 is 1.68. The summed E-state index contributed by atoms with van der Waals surface area (Å²) in [5.74, 6) is 1.08. The number of carbonyl (C=O) groups excluding carboxylic acids is 1. The van der Waals surface area contributed by atoms with Crippen LogP contribution >= 0.6 is 11.3 Å². The smallest absolute Gasteiger partial charge is 0.243 e. The molecule has 2 atom stereocenters. The van der Waals surface area contributed by atoms with Crippen LogP contribution in [-0.4, -0.2) is 56.4 Å². The number of amides is 1. The number of methoxy groups -OCH3 is 1. The Morgan fingerprint density at radius 3 is 2.43 bits per heavy atom. The number of thiophene rings is 1. The van der Waals surface area contributed by atoms with Gasteiger partial charge in [-0.2, -0.15) is 4.31 Å². The van der Waals surface area contributed by atoms with Gasteiger partial charge in [0.05, 0.1) is 24.6 Å². The summed E-state index contributed by atoms with van der Waals surface area (Å²) in [5, 5.41) is 2.04. The van der Waals surface area contributed by atoms with Crippen molar-refractivity contribution in [1.82, 2.24) is 9.21 Å². The van der Waals surface area contributed by atoms with Crippen LogP contribution in [0.5, 0.6) is 11.5 Å². The molecule has 0 fully saturated rings. The lowest BCUT2D eigenvalue weighted by atomic mass is 10.0. The first-order valence-electron chi connectivity index (χ1n) is 12.5. The van der Waals surface area contributed by atoms with E-state index < -0.39 is 10.0 Å². The van der Waals surface area contributed by atoms with E-state index in [2.05, 4.69) is 0 Å². The van der Waals surface area contributed by atoms with Crippen LogP contribution in [0, 0.1) is 6.92 Å². The first-order chi connectivity index (χ1) is 17.7. The Labute approximate surface area is 223 Å². The molecule has 1 amide bonds. The highest BCUT2D eigenvalue weighted by molar-refractivity contribution is 7.89. The van der Waals surface area contributed by atoms with Crippen molar-refractivity contribution < 1.29 is 22.7 Å². The van der Waals surface area contributed by atoms with Crippen LogP contribution < -0.4 is 9.47 Å². The Kier molecular flexibility index (Phi) is 8.56. The fourth-order valence-corrected chi connectivity index (χ4v) is 7.06. The van der Waals surface area contributed by atoms with Crippen molar-refractivity contribution in [2.75, 3.05) is 26.8 Å². The molecule has 0 unspecified atom stereocenters. The fourth-order valence-electron chi connectivity index (χ4n) is 4.47. The van der Waals surface area contributed by atoms with Crippen molar-refractivity contribution >= 4 is 27.3 Å². The van der Waals surface area contributed by atoms with Crippen molar-refractivity contribution in [3.8, 4) is 11.5 Å². The lowest BCUT2D eigenvalue weighted by molar-refractivity contribution is -0.135. The molecular weight excluding hydrogens is 508 g/mol. The number of sulfonamides is 1. The zero-order valence-corrected chi connectivity index (χ0v) is 23.3. The second-order valence-electron chi connectivity index (χ2n) is 9.26. The summed E-state index contributed by atoms with van der Waals surface area (Å²) in [5.41, 5.74) is 2.22. The molecule has 0 N–H and O–H groups in total. The van der Waals surface area contributed by atoms with Crippen LogP contribution in [0.4, 0.5) is 0 Å². The molecule has 37 heavy (non-hydrogen) atoms. The molecule has 0 aliphatic carbocycles. The molecule has 7 nitrogen and oxygen atoms in total. The highest BCUT2D eigenvalue weighted by Crippen LogP contribution is 2.34. The lowest BCUT2D eigenvalue weighted by Crippen LogP contribution is -2.49. The highest BCUT2D eigenvalue weighted by atomic mass is 32.2. The average molecular weight is 543 g/mol. The number of nitrogens with zero attached hydrogens (tertiary/aromatic N) is 2. The Hall–Kier alpha value is -2.88. The molecule has 198 valence electrons. The molecule has 9 heteroatoms. The van der Waals surface area contributed by atoms with Gasteiger partial charge in [-0.05, 0) is 80.1 Å². The molecule has 0 bridgehead atoms. The third kappa shape index (κ3) is 6.00. The van der Waals surface area contributed by atoms with Gasteiger partial charge < -0.3 is 14.4 Å². The zero-order chi connectivity index (χ0) is 26.6. The number of ether oxygens (including phenoxy) is 2. The van der Waals surface area contributed by atoms with E-state index in [9.17, 15) is 13.2 Å². The van der Waals surface area contributed by atoms with Gasteiger partial charge in [0.2, 0.25) is 15.9 Å². The Bertz CT molecular complexity index is 1300. The Balaban J connectivity index is 1.58. The molecule has 1 aliphatic heterocycles. The molecule has 4 rings (SSSR count). The zero-order valence-electron chi connectivity index (χ0n) is 21.7. The third-order valence-corrected chi connectivity index (χ3v) is 9.85. The quantitative estimate of drug-likeness (QED) is 0.358. The van der Waals surface area contributed by atoms with Gasteiger partial charge in [0.1, 0.15) is 18.1 Å². The molecule has 2 heterocycles. The van der Waals surface area contributed by atoms with E-state index in [1.165, 1.54) is 28.4 Å². The molecule has 0 saturated carbocycles. The van der Waals surface area contributed by atoms with Crippen molar-refractivity contribution in [2.24, 2.45) is 0 Å². The average Bonchev–Trinajstić information content (AvgIpc) is 3.40. The predicted molar refractivity (Wildman–Crippen MR) is 146 cm³/mol. The maximum Gasteiger partial charge on any atom is 0.243 e. The minimum absolute atomic E-state index is 0.138. The van der Waals surface area contributed by atoms with Crippen LogP contribution in [0.15, 0.2) is 64.9 Å². The SMILES string of the molecule is CC[C@H](C)N(CC(=O)N1CCc2sccc2[C@@H]1COc1ccc(C)cc1)S(=O)(=O)c1ccc(OC)cc1. The second-order valence-corrected chi connectivity index (χ2v) is 12.2. The molecule has 1 aliphatic rings. The van der Waals surface area contributed by atoms with E-state index >= 15 is 0 Å². The van der Waals surface area contributed by atoms with Crippen LogP contribution in [0.2, 0.25) is 0 Å². The highest BCUT2D eigenvalue weighted by Gasteiger charge is 2.36. The summed E-state index contributed by atoms with van der Waals surface area (Å²) in [6.45, 7) is 6.36. The second kappa shape index (κ2) is 11.7.